The molecule has 1 heterocycles. The number of rotatable bonds is 4. The molecule has 1 unspecified atom stereocenters. The van der Waals surface area contributed by atoms with Crippen LogP contribution in [0.1, 0.15) is 38.2 Å². The third-order valence-corrected chi connectivity index (χ3v) is 6.49. The molecule has 0 aromatic heterocycles. The van der Waals surface area contributed by atoms with Gasteiger partial charge < -0.3 is 9.63 Å². The molecule has 0 aliphatic carbocycles. The molecular weight excluding hydrogens is 273 g/mol. The lowest BCUT2D eigenvalue weighted by Crippen LogP contribution is -2.36. The molecule has 5 heteroatoms. The number of hydrogen-bond acceptors (Lipinski definition) is 3. The number of nitrogens with zero attached hydrogens (tertiary/aromatic N) is 1. The Kier molecular flexibility index (Phi) is 5.03. The summed E-state index contributed by atoms with van der Waals surface area (Å²) in [6.07, 6.45) is 1.02. The van der Waals surface area contributed by atoms with Gasteiger partial charge in [0.05, 0.1) is 11.4 Å². The molecule has 1 aliphatic rings. The Morgan fingerprint density at radius 2 is 2.00 bits per heavy atom. The van der Waals surface area contributed by atoms with Crippen molar-refractivity contribution in [2.24, 2.45) is 0 Å². The molecule has 1 aromatic rings. The molecule has 0 spiro atoms. The lowest BCUT2D eigenvalue weighted by molar-refractivity contribution is 0.108. The van der Waals surface area contributed by atoms with Crippen LogP contribution in [0.5, 0.6) is 0 Å². The second-order valence-electron chi connectivity index (χ2n) is 5.64. The average Bonchev–Trinajstić information content (AvgIpc) is 2.47. The van der Waals surface area contributed by atoms with Crippen LogP contribution in [-0.4, -0.2) is 36.1 Å². The zero-order valence-electron chi connectivity index (χ0n) is 12.5. The van der Waals surface area contributed by atoms with Gasteiger partial charge in [-0.15, -0.1) is 0 Å². The summed E-state index contributed by atoms with van der Waals surface area (Å²) in [5, 5.41) is 10.3. The van der Waals surface area contributed by atoms with Gasteiger partial charge in [0.15, 0.2) is 0 Å². The van der Waals surface area contributed by atoms with Gasteiger partial charge in [-0.2, -0.15) is 0 Å². The van der Waals surface area contributed by atoms with Crippen LogP contribution in [0.4, 0.5) is 0 Å². The molecule has 112 valence electrons. The zero-order chi connectivity index (χ0) is 14.8. The summed E-state index contributed by atoms with van der Waals surface area (Å²) in [5.74, 6) is 0.392. The van der Waals surface area contributed by atoms with Gasteiger partial charge in [-0.3, -0.25) is 4.57 Å². The van der Waals surface area contributed by atoms with Crippen LogP contribution in [0.2, 0.25) is 0 Å². The minimum Gasteiger partial charge on any atom is -0.393 e. The van der Waals surface area contributed by atoms with Crippen molar-refractivity contribution < 1.29 is 14.2 Å². The molecule has 1 aromatic carbocycles. The average molecular weight is 297 g/mol. The predicted molar refractivity (Wildman–Crippen MR) is 81.6 cm³/mol. The highest BCUT2D eigenvalue weighted by molar-refractivity contribution is 7.64. The summed E-state index contributed by atoms with van der Waals surface area (Å²) in [6.45, 7) is 5.46. The van der Waals surface area contributed by atoms with E-state index in [0.717, 1.165) is 10.9 Å². The SMILES string of the molecule is COP(=O)(c1cccc(C(C)C)c1)N1CCC(O)CC1. The Hall–Kier alpha value is -0.670. The highest BCUT2D eigenvalue weighted by atomic mass is 31.2. The van der Waals surface area contributed by atoms with Crippen LogP contribution in [0, 0.1) is 0 Å². The first kappa shape index (κ1) is 15.7. The van der Waals surface area contributed by atoms with Gasteiger partial charge in [-0.1, -0.05) is 26.0 Å². The Labute approximate surface area is 121 Å². The van der Waals surface area contributed by atoms with Gasteiger partial charge in [0.2, 0.25) is 0 Å². The topological polar surface area (TPSA) is 49.8 Å². The van der Waals surface area contributed by atoms with E-state index in [4.69, 9.17) is 4.52 Å². The molecule has 1 atom stereocenters. The van der Waals surface area contributed by atoms with E-state index >= 15 is 0 Å². The van der Waals surface area contributed by atoms with Crippen molar-refractivity contribution in [3.05, 3.63) is 29.8 Å². The molecule has 2 rings (SSSR count). The van der Waals surface area contributed by atoms with Crippen molar-refractivity contribution in [3.63, 3.8) is 0 Å². The van der Waals surface area contributed by atoms with E-state index in [2.05, 4.69) is 13.8 Å². The highest BCUT2D eigenvalue weighted by Crippen LogP contribution is 2.50. The Balaban J connectivity index is 2.30. The maximum atomic E-state index is 13.2. The van der Waals surface area contributed by atoms with E-state index in [1.165, 1.54) is 7.11 Å². The predicted octanol–water partition coefficient (Wildman–Crippen LogP) is 2.73. The van der Waals surface area contributed by atoms with Crippen molar-refractivity contribution in [3.8, 4) is 0 Å². The first-order valence-electron chi connectivity index (χ1n) is 7.17. The molecule has 0 radical (unpaired) electrons. The van der Waals surface area contributed by atoms with E-state index in [0.29, 0.717) is 31.8 Å². The van der Waals surface area contributed by atoms with Crippen molar-refractivity contribution in [1.29, 1.82) is 0 Å². The number of piperidine rings is 1. The van der Waals surface area contributed by atoms with E-state index in [1.807, 2.05) is 28.9 Å². The smallest absolute Gasteiger partial charge is 0.302 e. The third kappa shape index (κ3) is 3.15. The fraction of sp³-hybridized carbons (Fsp3) is 0.600. The lowest BCUT2D eigenvalue weighted by atomic mass is 10.0. The molecule has 20 heavy (non-hydrogen) atoms. The van der Waals surface area contributed by atoms with E-state index < -0.39 is 7.52 Å². The van der Waals surface area contributed by atoms with Crippen LogP contribution in [0.25, 0.3) is 0 Å². The van der Waals surface area contributed by atoms with E-state index in [9.17, 15) is 9.67 Å². The second-order valence-corrected chi connectivity index (χ2v) is 8.13. The quantitative estimate of drug-likeness (QED) is 0.868. The molecule has 1 fully saturated rings. The molecule has 0 amide bonds. The van der Waals surface area contributed by atoms with E-state index in [1.54, 1.807) is 0 Å². The van der Waals surface area contributed by atoms with Crippen LogP contribution >= 0.6 is 7.52 Å². The summed E-state index contributed by atoms with van der Waals surface area (Å²) in [5.41, 5.74) is 1.16. The third-order valence-electron chi connectivity index (χ3n) is 3.92. The number of benzene rings is 1. The van der Waals surface area contributed by atoms with Gasteiger partial charge in [0.25, 0.3) is 0 Å². The van der Waals surface area contributed by atoms with Crippen LogP contribution in [0.3, 0.4) is 0 Å². The minimum atomic E-state index is -3.00. The lowest BCUT2D eigenvalue weighted by Gasteiger charge is -2.35. The normalized spacial score (nSPS) is 21.1. The zero-order valence-corrected chi connectivity index (χ0v) is 13.3. The Bertz CT molecular complexity index is 496. The molecule has 4 nitrogen and oxygen atoms in total. The first-order chi connectivity index (χ1) is 9.47. The molecule has 1 aliphatic heterocycles. The van der Waals surface area contributed by atoms with Gasteiger partial charge in [0, 0.05) is 20.2 Å². The Morgan fingerprint density at radius 3 is 2.55 bits per heavy atom. The van der Waals surface area contributed by atoms with Gasteiger partial charge >= 0.3 is 7.52 Å². The van der Waals surface area contributed by atoms with Crippen molar-refractivity contribution in [2.75, 3.05) is 20.2 Å². The fourth-order valence-electron chi connectivity index (χ4n) is 2.56. The van der Waals surface area contributed by atoms with E-state index in [-0.39, 0.29) is 6.10 Å². The molecular formula is C15H24NO3P. The van der Waals surface area contributed by atoms with Crippen molar-refractivity contribution in [2.45, 2.75) is 38.7 Å². The Morgan fingerprint density at radius 1 is 1.35 bits per heavy atom. The van der Waals surface area contributed by atoms with Crippen LogP contribution in [0.15, 0.2) is 24.3 Å². The van der Waals surface area contributed by atoms with Crippen molar-refractivity contribution in [1.82, 2.24) is 4.67 Å². The maximum absolute atomic E-state index is 13.2. The molecule has 1 N–H and O–H groups in total. The number of hydrogen-bond donors (Lipinski definition) is 1. The standard InChI is InChI=1S/C15H24NO3P/c1-12(2)13-5-4-6-15(11-13)20(18,19-3)16-9-7-14(17)8-10-16/h4-6,11-12,14,17H,7-10H2,1-3H3. The first-order valence-corrected chi connectivity index (χ1v) is 8.75. The van der Waals surface area contributed by atoms with Gasteiger partial charge in [-0.05, 0) is 36.5 Å². The molecule has 0 bridgehead atoms. The summed E-state index contributed by atoms with van der Waals surface area (Å²) < 4.78 is 20.6. The summed E-state index contributed by atoms with van der Waals surface area (Å²) in [4.78, 5) is 0. The number of aliphatic hydroxyl groups excluding tert-OH is 1. The summed E-state index contributed by atoms with van der Waals surface area (Å²) in [7, 11) is -1.49. The fourth-order valence-corrected chi connectivity index (χ4v) is 4.67. The highest BCUT2D eigenvalue weighted by Gasteiger charge is 2.35. The summed E-state index contributed by atoms with van der Waals surface area (Å²) >= 11 is 0. The monoisotopic (exact) mass is 297 g/mol. The maximum Gasteiger partial charge on any atom is 0.302 e. The van der Waals surface area contributed by atoms with Crippen LogP contribution in [-0.2, 0) is 9.09 Å². The minimum absolute atomic E-state index is 0.279. The number of aliphatic hydroxyl groups is 1. The van der Waals surface area contributed by atoms with Gasteiger partial charge in [0.1, 0.15) is 0 Å². The largest absolute Gasteiger partial charge is 0.393 e. The molecule has 0 saturated carbocycles. The van der Waals surface area contributed by atoms with Crippen molar-refractivity contribution >= 4 is 12.8 Å². The van der Waals surface area contributed by atoms with Crippen LogP contribution < -0.4 is 5.30 Å². The summed E-state index contributed by atoms with van der Waals surface area (Å²) in [6, 6.07) is 7.85. The molecule has 1 saturated heterocycles. The van der Waals surface area contributed by atoms with Gasteiger partial charge in [-0.25, -0.2) is 4.67 Å². The second kappa shape index (κ2) is 6.40.